The molecule has 2 N–H and O–H groups in total. The molecule has 0 saturated carbocycles. The molecule has 0 aromatic heterocycles. The van der Waals surface area contributed by atoms with Crippen LogP contribution in [0, 0.1) is 5.82 Å². The van der Waals surface area contributed by atoms with Crippen LogP contribution >= 0.6 is 34.8 Å². The second-order valence-electron chi connectivity index (χ2n) is 6.15. The SMILES string of the molecule is COc1cc(CNc2cc(Cl)c(O)c(Cl)c2)ccc1OCc1ccc(F)cc1Cl. The molecule has 0 aliphatic carbocycles. The van der Waals surface area contributed by atoms with Crippen molar-refractivity contribution in [2.24, 2.45) is 0 Å². The normalized spacial score (nSPS) is 10.7. The van der Waals surface area contributed by atoms with Crippen LogP contribution in [0.25, 0.3) is 0 Å². The highest BCUT2D eigenvalue weighted by molar-refractivity contribution is 6.37. The van der Waals surface area contributed by atoms with E-state index in [9.17, 15) is 9.50 Å². The number of nitrogens with one attached hydrogen (secondary N) is 1. The molecule has 0 unspecified atom stereocenters. The average Bonchev–Trinajstić information content (AvgIpc) is 2.70. The zero-order valence-electron chi connectivity index (χ0n) is 15.3. The van der Waals surface area contributed by atoms with Crippen molar-refractivity contribution >= 4 is 40.5 Å². The number of phenols is 1. The van der Waals surface area contributed by atoms with Gasteiger partial charge in [0, 0.05) is 17.8 Å². The number of ether oxygens (including phenoxy) is 2. The highest BCUT2D eigenvalue weighted by Crippen LogP contribution is 2.35. The fourth-order valence-corrected chi connectivity index (χ4v) is 3.32. The molecule has 8 heteroatoms. The van der Waals surface area contributed by atoms with Gasteiger partial charge in [-0.15, -0.1) is 0 Å². The van der Waals surface area contributed by atoms with Crippen molar-refractivity contribution in [1.29, 1.82) is 0 Å². The summed E-state index contributed by atoms with van der Waals surface area (Å²) in [6.07, 6.45) is 0. The van der Waals surface area contributed by atoms with Crippen molar-refractivity contribution < 1.29 is 19.0 Å². The fraction of sp³-hybridized carbons (Fsp3) is 0.143. The van der Waals surface area contributed by atoms with E-state index in [1.54, 1.807) is 31.4 Å². The molecular weight excluding hydrogens is 440 g/mol. The summed E-state index contributed by atoms with van der Waals surface area (Å²) in [6, 6.07) is 12.8. The molecule has 0 amide bonds. The first-order chi connectivity index (χ1) is 13.9. The Morgan fingerprint density at radius 3 is 2.31 bits per heavy atom. The maximum atomic E-state index is 13.2. The van der Waals surface area contributed by atoms with E-state index in [4.69, 9.17) is 44.3 Å². The Bertz CT molecular complexity index is 1010. The van der Waals surface area contributed by atoms with Gasteiger partial charge in [0.15, 0.2) is 17.2 Å². The molecule has 0 bridgehead atoms. The lowest BCUT2D eigenvalue weighted by atomic mass is 10.2. The number of hydrogen-bond donors (Lipinski definition) is 2. The first-order valence-electron chi connectivity index (χ1n) is 8.53. The fourth-order valence-electron chi connectivity index (χ4n) is 2.61. The van der Waals surface area contributed by atoms with E-state index in [1.807, 2.05) is 12.1 Å². The quantitative estimate of drug-likeness (QED) is 0.389. The van der Waals surface area contributed by atoms with Gasteiger partial charge in [-0.1, -0.05) is 46.9 Å². The van der Waals surface area contributed by atoms with Gasteiger partial charge in [0.1, 0.15) is 12.4 Å². The molecule has 0 aliphatic heterocycles. The van der Waals surface area contributed by atoms with Gasteiger partial charge in [-0.3, -0.25) is 0 Å². The maximum Gasteiger partial charge on any atom is 0.161 e. The Balaban J connectivity index is 1.68. The van der Waals surface area contributed by atoms with Gasteiger partial charge in [0.2, 0.25) is 0 Å². The van der Waals surface area contributed by atoms with Crippen molar-refractivity contribution in [3.63, 3.8) is 0 Å². The zero-order chi connectivity index (χ0) is 21.0. The summed E-state index contributed by atoms with van der Waals surface area (Å²) in [5.41, 5.74) is 2.26. The van der Waals surface area contributed by atoms with Crippen LogP contribution in [0.5, 0.6) is 17.2 Å². The summed E-state index contributed by atoms with van der Waals surface area (Å²) in [7, 11) is 1.55. The summed E-state index contributed by atoms with van der Waals surface area (Å²) in [4.78, 5) is 0. The molecule has 0 radical (unpaired) electrons. The van der Waals surface area contributed by atoms with Crippen molar-refractivity contribution in [2.45, 2.75) is 13.2 Å². The van der Waals surface area contributed by atoms with Crippen LogP contribution in [0.2, 0.25) is 15.1 Å². The summed E-state index contributed by atoms with van der Waals surface area (Å²) in [6.45, 7) is 0.648. The van der Waals surface area contributed by atoms with Crippen LogP contribution in [-0.4, -0.2) is 12.2 Å². The van der Waals surface area contributed by atoms with Crippen LogP contribution in [-0.2, 0) is 13.2 Å². The topological polar surface area (TPSA) is 50.7 Å². The number of aromatic hydroxyl groups is 1. The molecule has 0 saturated heterocycles. The van der Waals surface area contributed by atoms with E-state index in [0.717, 1.165) is 5.56 Å². The van der Waals surface area contributed by atoms with Gasteiger partial charge in [-0.05, 0) is 42.0 Å². The van der Waals surface area contributed by atoms with Gasteiger partial charge < -0.3 is 19.9 Å². The minimum Gasteiger partial charge on any atom is -0.505 e. The zero-order valence-corrected chi connectivity index (χ0v) is 17.6. The largest absolute Gasteiger partial charge is 0.505 e. The predicted molar refractivity (Wildman–Crippen MR) is 114 cm³/mol. The van der Waals surface area contributed by atoms with Gasteiger partial charge in [0.05, 0.1) is 22.2 Å². The Morgan fingerprint density at radius 2 is 1.66 bits per heavy atom. The molecule has 4 nitrogen and oxygen atoms in total. The van der Waals surface area contributed by atoms with Crippen molar-refractivity contribution in [3.05, 3.63) is 80.5 Å². The highest BCUT2D eigenvalue weighted by Gasteiger charge is 2.10. The molecule has 3 aromatic rings. The number of methoxy groups -OCH3 is 1. The Morgan fingerprint density at radius 1 is 0.931 bits per heavy atom. The van der Waals surface area contributed by atoms with E-state index in [1.165, 1.54) is 12.1 Å². The highest BCUT2D eigenvalue weighted by atomic mass is 35.5. The first kappa shape index (κ1) is 21.4. The molecule has 0 spiro atoms. The smallest absolute Gasteiger partial charge is 0.161 e. The van der Waals surface area contributed by atoms with Gasteiger partial charge >= 0.3 is 0 Å². The summed E-state index contributed by atoms with van der Waals surface area (Å²) in [5, 5.41) is 13.4. The Hall–Kier alpha value is -2.34. The summed E-state index contributed by atoms with van der Waals surface area (Å²) < 4.78 is 24.3. The van der Waals surface area contributed by atoms with Crippen LogP contribution in [0.3, 0.4) is 0 Å². The van der Waals surface area contributed by atoms with Gasteiger partial charge in [-0.2, -0.15) is 0 Å². The second-order valence-corrected chi connectivity index (χ2v) is 7.37. The molecule has 0 atom stereocenters. The Labute approximate surface area is 182 Å². The molecule has 0 aliphatic rings. The molecule has 152 valence electrons. The molecule has 0 fully saturated rings. The van der Waals surface area contributed by atoms with Crippen molar-refractivity contribution in [2.75, 3.05) is 12.4 Å². The van der Waals surface area contributed by atoms with Crippen molar-refractivity contribution in [3.8, 4) is 17.2 Å². The van der Waals surface area contributed by atoms with E-state index >= 15 is 0 Å². The minimum absolute atomic E-state index is 0.150. The predicted octanol–water partition coefficient (Wildman–Crippen LogP) is 6.69. The standard InChI is InChI=1S/C21H17Cl3FNO3/c1-28-20-6-12(10-26-15-8-17(23)21(27)18(24)9-15)2-5-19(20)29-11-13-3-4-14(25)7-16(13)22/h2-9,26-27H,10-11H2,1H3. The van der Waals surface area contributed by atoms with Gasteiger partial charge in [-0.25, -0.2) is 4.39 Å². The third-order valence-electron chi connectivity index (χ3n) is 4.14. The number of rotatable bonds is 7. The lowest BCUT2D eigenvalue weighted by molar-refractivity contribution is 0.284. The third kappa shape index (κ3) is 5.38. The number of halogens is 4. The van der Waals surface area contributed by atoms with Crippen LogP contribution in [0.15, 0.2) is 48.5 Å². The maximum absolute atomic E-state index is 13.2. The number of phenolic OH excluding ortho intramolecular Hbond substituents is 1. The lowest BCUT2D eigenvalue weighted by Crippen LogP contribution is -2.02. The van der Waals surface area contributed by atoms with Crippen LogP contribution in [0.4, 0.5) is 10.1 Å². The van der Waals surface area contributed by atoms with E-state index in [0.29, 0.717) is 34.3 Å². The monoisotopic (exact) mass is 455 g/mol. The number of anilines is 1. The summed E-state index contributed by atoms with van der Waals surface area (Å²) in [5.74, 6) is 0.532. The summed E-state index contributed by atoms with van der Waals surface area (Å²) >= 11 is 17.9. The Kier molecular flexibility index (Phi) is 6.96. The van der Waals surface area contributed by atoms with Crippen LogP contribution < -0.4 is 14.8 Å². The van der Waals surface area contributed by atoms with E-state index < -0.39 is 5.82 Å². The number of benzene rings is 3. The minimum atomic E-state index is -0.399. The second kappa shape index (κ2) is 9.44. The molecule has 3 rings (SSSR count). The average molecular weight is 457 g/mol. The van der Waals surface area contributed by atoms with Gasteiger partial charge in [0.25, 0.3) is 0 Å². The molecular formula is C21H17Cl3FNO3. The first-order valence-corrected chi connectivity index (χ1v) is 9.66. The number of hydrogen-bond acceptors (Lipinski definition) is 4. The molecule has 0 heterocycles. The lowest BCUT2D eigenvalue weighted by Gasteiger charge is -2.14. The molecule has 29 heavy (non-hydrogen) atoms. The third-order valence-corrected chi connectivity index (χ3v) is 5.07. The van der Waals surface area contributed by atoms with Crippen molar-refractivity contribution in [1.82, 2.24) is 0 Å². The van der Waals surface area contributed by atoms with Crippen LogP contribution in [0.1, 0.15) is 11.1 Å². The van der Waals surface area contributed by atoms with E-state index in [2.05, 4.69) is 5.32 Å². The molecule has 3 aromatic carbocycles. The van der Waals surface area contributed by atoms with E-state index in [-0.39, 0.29) is 22.4 Å².